The highest BCUT2D eigenvalue weighted by Gasteiger charge is 2.76. The number of allylic oxidation sites excluding steroid dienone is 2. The Morgan fingerprint density at radius 1 is 0.913 bits per heavy atom. The molecule has 2 aliphatic carbocycles. The molecule has 4 amide bonds. The van der Waals surface area contributed by atoms with E-state index in [0.29, 0.717) is 16.8 Å². The van der Waals surface area contributed by atoms with E-state index in [1.165, 1.54) is 31.4 Å². The number of aromatic hydroxyl groups is 1. The summed E-state index contributed by atoms with van der Waals surface area (Å²) >= 11 is 24.5. The monoisotopic (exact) mass is 746 g/mol. The van der Waals surface area contributed by atoms with E-state index in [1.807, 2.05) is 0 Å². The number of rotatable bonds is 4. The van der Waals surface area contributed by atoms with Crippen molar-refractivity contribution < 1.29 is 33.4 Å². The van der Waals surface area contributed by atoms with E-state index >= 15 is 0 Å². The number of alkyl halides is 2. The molecule has 3 fully saturated rings. The molecule has 0 spiro atoms. The lowest BCUT2D eigenvalue weighted by Gasteiger charge is -2.50. The first-order valence-electron chi connectivity index (χ1n) is 14.3. The van der Waals surface area contributed by atoms with E-state index in [-0.39, 0.29) is 41.0 Å². The molecular weight excluding hydrogens is 726 g/mol. The second-order valence-electron chi connectivity index (χ2n) is 11.8. The van der Waals surface area contributed by atoms with Gasteiger partial charge >= 0.3 is 0 Å². The van der Waals surface area contributed by atoms with E-state index in [1.54, 1.807) is 30.3 Å². The maximum atomic E-state index is 14.5. The predicted octanol–water partition coefficient (Wildman–Crippen LogP) is 6.72. The summed E-state index contributed by atoms with van der Waals surface area (Å²) in [6.45, 7) is 0. The van der Waals surface area contributed by atoms with Crippen LogP contribution in [-0.2, 0) is 19.2 Å². The number of hydrogen-bond donors (Lipinski definition) is 1. The summed E-state index contributed by atoms with van der Waals surface area (Å²) in [7, 11) is 1.33. The number of ether oxygens (including phenoxy) is 1. The van der Waals surface area contributed by atoms with Crippen LogP contribution < -0.4 is 14.5 Å². The molecule has 0 bridgehead atoms. The van der Waals surface area contributed by atoms with Gasteiger partial charge in [-0.1, -0.05) is 39.2 Å². The van der Waals surface area contributed by atoms with Crippen LogP contribution in [0.25, 0.3) is 0 Å². The predicted molar refractivity (Wildman–Crippen MR) is 173 cm³/mol. The van der Waals surface area contributed by atoms with Crippen molar-refractivity contribution >= 4 is 85.7 Å². The van der Waals surface area contributed by atoms with Crippen LogP contribution in [0.2, 0.25) is 5.02 Å². The van der Waals surface area contributed by atoms with Crippen molar-refractivity contribution in [1.29, 1.82) is 0 Å². The number of carbonyl (C=O) groups is 4. The Morgan fingerprint density at radius 2 is 1.54 bits per heavy atom. The largest absolute Gasteiger partial charge is 0.503 e. The molecule has 1 N–H and O–H groups in total. The number of imide groups is 2. The van der Waals surface area contributed by atoms with Gasteiger partial charge in [-0.25, -0.2) is 9.29 Å². The number of methoxy groups -OCH3 is 1. The maximum Gasteiger partial charge on any atom is 0.258 e. The van der Waals surface area contributed by atoms with Crippen LogP contribution in [0.4, 0.5) is 15.8 Å². The van der Waals surface area contributed by atoms with Gasteiger partial charge in [0, 0.05) is 10.4 Å². The molecule has 3 aromatic rings. The summed E-state index contributed by atoms with van der Waals surface area (Å²) in [5.41, 5.74) is 1.31. The molecule has 1 saturated carbocycles. The van der Waals surface area contributed by atoms with E-state index in [4.69, 9.17) is 39.5 Å². The van der Waals surface area contributed by atoms with Gasteiger partial charge in [-0.15, -0.1) is 23.2 Å². The van der Waals surface area contributed by atoms with Gasteiger partial charge in [-0.2, -0.15) is 0 Å². The Balaban J connectivity index is 1.42. The van der Waals surface area contributed by atoms with Gasteiger partial charge in [-0.05, 0) is 85.0 Å². The minimum Gasteiger partial charge on any atom is -0.503 e. The summed E-state index contributed by atoms with van der Waals surface area (Å²) in [5, 5.41) is 10.4. The molecule has 0 unspecified atom stereocenters. The quantitative estimate of drug-likeness (QED) is 0.181. The summed E-state index contributed by atoms with van der Waals surface area (Å²) < 4.78 is 20.0. The normalized spacial score (nSPS) is 30.3. The Morgan fingerprint density at radius 3 is 2.20 bits per heavy atom. The van der Waals surface area contributed by atoms with Gasteiger partial charge in [-0.3, -0.25) is 24.1 Å². The van der Waals surface area contributed by atoms with Crippen LogP contribution in [-0.4, -0.2) is 45.6 Å². The molecule has 4 aliphatic rings. The van der Waals surface area contributed by atoms with Crippen molar-refractivity contribution in [3.8, 4) is 11.5 Å². The van der Waals surface area contributed by atoms with Gasteiger partial charge in [0.2, 0.25) is 11.8 Å². The number of fused-ring (bicyclic) bond motifs is 4. The fourth-order valence-electron chi connectivity index (χ4n) is 7.53. The van der Waals surface area contributed by atoms with Crippen molar-refractivity contribution in [2.75, 3.05) is 16.9 Å². The lowest BCUT2D eigenvalue weighted by molar-refractivity contribution is -0.125. The second-order valence-corrected chi connectivity index (χ2v) is 14.4. The highest BCUT2D eigenvalue weighted by molar-refractivity contribution is 9.10. The first-order valence-corrected chi connectivity index (χ1v) is 16.2. The molecular formula is C33H23BrCl3FN2O6. The minimum atomic E-state index is -2.16. The standard InChI is InChI=1S/C33H23BrCl3FN2O6/c1-46-24-13-15(12-23(35)27(24)41)26-20-10-11-21-25(29(43)39(28(21)42)18-6-2-16(34)3-7-18)22(20)14-32(36)30(44)40(31(45)33(26,32)37)19-8-4-17(38)5-9-19/h2-10,12-13,21-22,25-26,41H,11,14H2,1H3/t21-,22+,25-,26-,32+,33-/m0/s1. The van der Waals surface area contributed by atoms with Crippen LogP contribution in [0.15, 0.2) is 76.8 Å². The summed E-state index contributed by atoms with van der Waals surface area (Å²) in [6.07, 6.45) is 1.72. The van der Waals surface area contributed by atoms with Gasteiger partial charge in [0.1, 0.15) is 5.82 Å². The fraction of sp³-hybridized carbons (Fsp3) is 0.273. The molecule has 2 heterocycles. The number of halogens is 5. The van der Waals surface area contributed by atoms with Crippen molar-refractivity contribution in [2.24, 2.45) is 17.8 Å². The third-order valence-electron chi connectivity index (χ3n) is 9.58. The smallest absolute Gasteiger partial charge is 0.258 e. The van der Waals surface area contributed by atoms with E-state index < -0.39 is 57.0 Å². The molecule has 8 nitrogen and oxygen atoms in total. The summed E-state index contributed by atoms with van der Waals surface area (Å²) in [6, 6.07) is 14.4. The molecule has 13 heteroatoms. The molecule has 2 saturated heterocycles. The zero-order valence-electron chi connectivity index (χ0n) is 23.8. The number of phenols is 1. The number of hydrogen-bond acceptors (Lipinski definition) is 6. The molecule has 46 heavy (non-hydrogen) atoms. The van der Waals surface area contributed by atoms with Crippen molar-refractivity contribution in [3.63, 3.8) is 0 Å². The third-order valence-corrected chi connectivity index (χ3v) is 11.8. The van der Waals surface area contributed by atoms with E-state index in [2.05, 4.69) is 15.9 Å². The Kier molecular flexibility index (Phi) is 7.32. The van der Waals surface area contributed by atoms with Gasteiger partial charge in [0.25, 0.3) is 11.8 Å². The average Bonchev–Trinajstić information content (AvgIpc) is 3.37. The number of carbonyl (C=O) groups excluding carboxylic acids is 4. The number of phenolic OH excluding ortho intramolecular Hbond substituents is 1. The Labute approximate surface area is 285 Å². The fourth-order valence-corrected chi connectivity index (χ4v) is 8.95. The van der Waals surface area contributed by atoms with E-state index in [9.17, 15) is 28.7 Å². The first kappa shape index (κ1) is 31.2. The number of nitrogens with zero attached hydrogens (tertiary/aromatic N) is 2. The minimum absolute atomic E-state index is 0.0138. The molecule has 0 aromatic heterocycles. The Hall–Kier alpha value is -3.44. The zero-order chi connectivity index (χ0) is 32.9. The zero-order valence-corrected chi connectivity index (χ0v) is 27.7. The van der Waals surface area contributed by atoms with Gasteiger partial charge in [0.05, 0.1) is 35.3 Å². The molecule has 3 aromatic carbocycles. The summed E-state index contributed by atoms with van der Waals surface area (Å²) in [5.74, 6) is -7.05. The van der Waals surface area contributed by atoms with Crippen LogP contribution in [0, 0.1) is 23.6 Å². The molecule has 2 aliphatic heterocycles. The van der Waals surface area contributed by atoms with Crippen molar-refractivity contribution in [2.45, 2.75) is 28.5 Å². The lowest BCUT2D eigenvalue weighted by Crippen LogP contribution is -2.60. The van der Waals surface area contributed by atoms with Gasteiger partial charge < -0.3 is 9.84 Å². The van der Waals surface area contributed by atoms with Gasteiger partial charge in [0.15, 0.2) is 21.2 Å². The SMILES string of the molecule is COc1cc([C@H]2C3=CC[C@@H]4C(=O)N(c5ccc(Br)cc5)C(=O)[C@@H]4[C@@H]3C[C@@]3(Cl)C(=O)N(c4ccc(F)cc4)C(=O)[C@@]23Cl)cc(Cl)c1O. The number of benzene rings is 3. The highest BCUT2D eigenvalue weighted by Crippen LogP contribution is 2.66. The van der Waals surface area contributed by atoms with Crippen molar-refractivity contribution in [3.05, 3.63) is 93.2 Å². The first-order chi connectivity index (χ1) is 21.8. The number of amides is 4. The summed E-state index contributed by atoms with van der Waals surface area (Å²) in [4.78, 5) is 54.5. The maximum absolute atomic E-state index is 14.5. The number of anilines is 2. The van der Waals surface area contributed by atoms with Crippen LogP contribution >= 0.6 is 50.7 Å². The van der Waals surface area contributed by atoms with Crippen molar-refractivity contribution in [1.82, 2.24) is 0 Å². The second kappa shape index (κ2) is 10.8. The molecule has 236 valence electrons. The average molecular weight is 749 g/mol. The molecule has 7 rings (SSSR count). The lowest BCUT2D eigenvalue weighted by atomic mass is 9.56. The van der Waals surface area contributed by atoms with Crippen LogP contribution in [0.3, 0.4) is 0 Å². The van der Waals surface area contributed by atoms with Crippen LogP contribution in [0.1, 0.15) is 24.3 Å². The third kappa shape index (κ3) is 4.16. The molecule has 0 radical (unpaired) electrons. The topological polar surface area (TPSA) is 104 Å². The Bertz CT molecular complexity index is 1890. The van der Waals surface area contributed by atoms with E-state index in [0.717, 1.165) is 26.4 Å². The molecule has 6 atom stereocenters. The highest BCUT2D eigenvalue weighted by atomic mass is 79.9. The van der Waals surface area contributed by atoms with Crippen LogP contribution in [0.5, 0.6) is 11.5 Å².